The van der Waals surface area contributed by atoms with Crippen LogP contribution in [0.4, 0.5) is 0 Å². The molecular formula is C10H14BrNO3. The summed E-state index contributed by atoms with van der Waals surface area (Å²) >= 11 is 3.32. The number of pyridine rings is 1. The van der Waals surface area contributed by atoms with Gasteiger partial charge >= 0.3 is 0 Å². The van der Waals surface area contributed by atoms with Gasteiger partial charge in [0, 0.05) is 17.8 Å². The summed E-state index contributed by atoms with van der Waals surface area (Å²) in [5, 5.41) is 0. The van der Waals surface area contributed by atoms with Crippen LogP contribution in [0.1, 0.15) is 0 Å². The van der Waals surface area contributed by atoms with Crippen LogP contribution in [0.15, 0.2) is 22.9 Å². The molecule has 0 aliphatic heterocycles. The lowest BCUT2D eigenvalue weighted by Crippen LogP contribution is -2.10. The molecule has 0 fully saturated rings. The molecule has 84 valence electrons. The molecule has 0 spiro atoms. The van der Waals surface area contributed by atoms with Crippen molar-refractivity contribution < 1.29 is 14.2 Å². The fourth-order valence-electron chi connectivity index (χ4n) is 0.934. The molecule has 15 heavy (non-hydrogen) atoms. The summed E-state index contributed by atoms with van der Waals surface area (Å²) in [4.78, 5) is 3.98. The Kier molecular flexibility index (Phi) is 6.31. The SMILES string of the molecule is COCCOCCOc1cncc(Br)c1. The van der Waals surface area contributed by atoms with Gasteiger partial charge in [-0.2, -0.15) is 0 Å². The average Bonchev–Trinajstić information content (AvgIpc) is 2.23. The number of nitrogens with zero attached hydrogens (tertiary/aromatic N) is 1. The van der Waals surface area contributed by atoms with Crippen molar-refractivity contribution in [1.29, 1.82) is 0 Å². The second-order valence-corrected chi connectivity index (χ2v) is 3.71. The number of rotatable bonds is 7. The molecule has 0 radical (unpaired) electrons. The molecule has 0 bridgehead atoms. The number of ether oxygens (including phenoxy) is 3. The fraction of sp³-hybridized carbons (Fsp3) is 0.500. The van der Waals surface area contributed by atoms with Crippen LogP contribution in [0.5, 0.6) is 5.75 Å². The zero-order chi connectivity index (χ0) is 10.9. The van der Waals surface area contributed by atoms with Crippen molar-refractivity contribution in [3.63, 3.8) is 0 Å². The van der Waals surface area contributed by atoms with Gasteiger partial charge in [-0.05, 0) is 22.0 Å². The predicted molar refractivity (Wildman–Crippen MR) is 60.1 cm³/mol. The normalized spacial score (nSPS) is 10.3. The highest BCUT2D eigenvalue weighted by Gasteiger charge is 1.95. The third kappa shape index (κ3) is 5.71. The van der Waals surface area contributed by atoms with E-state index in [-0.39, 0.29) is 0 Å². The van der Waals surface area contributed by atoms with Crippen LogP contribution in [-0.4, -0.2) is 38.5 Å². The predicted octanol–water partition coefficient (Wildman–Crippen LogP) is 1.89. The van der Waals surface area contributed by atoms with Gasteiger partial charge in [-0.3, -0.25) is 4.98 Å². The molecule has 0 unspecified atom stereocenters. The van der Waals surface area contributed by atoms with E-state index in [1.54, 1.807) is 19.5 Å². The molecule has 1 rings (SSSR count). The van der Waals surface area contributed by atoms with E-state index in [9.17, 15) is 0 Å². The summed E-state index contributed by atoms with van der Waals surface area (Å²) in [6, 6.07) is 1.86. The highest BCUT2D eigenvalue weighted by atomic mass is 79.9. The molecule has 1 aromatic heterocycles. The lowest BCUT2D eigenvalue weighted by molar-refractivity contribution is 0.0543. The Morgan fingerprint density at radius 3 is 2.73 bits per heavy atom. The van der Waals surface area contributed by atoms with Gasteiger partial charge in [0.1, 0.15) is 12.4 Å². The van der Waals surface area contributed by atoms with Crippen LogP contribution in [0.25, 0.3) is 0 Å². The van der Waals surface area contributed by atoms with Crippen molar-refractivity contribution in [1.82, 2.24) is 4.98 Å². The first-order chi connectivity index (χ1) is 7.33. The zero-order valence-corrected chi connectivity index (χ0v) is 10.2. The monoisotopic (exact) mass is 275 g/mol. The molecule has 0 N–H and O–H groups in total. The molecule has 5 heteroatoms. The van der Waals surface area contributed by atoms with Crippen molar-refractivity contribution in [2.75, 3.05) is 33.5 Å². The molecule has 0 saturated heterocycles. The molecule has 0 saturated carbocycles. The lowest BCUT2D eigenvalue weighted by atomic mass is 10.5. The van der Waals surface area contributed by atoms with Crippen LogP contribution >= 0.6 is 15.9 Å². The van der Waals surface area contributed by atoms with Gasteiger partial charge in [0.25, 0.3) is 0 Å². The molecule has 1 heterocycles. The third-order valence-electron chi connectivity index (χ3n) is 1.61. The van der Waals surface area contributed by atoms with E-state index in [0.29, 0.717) is 26.4 Å². The largest absolute Gasteiger partial charge is 0.490 e. The first kappa shape index (κ1) is 12.4. The summed E-state index contributed by atoms with van der Waals surface area (Å²) in [6.45, 7) is 2.27. The topological polar surface area (TPSA) is 40.6 Å². The summed E-state index contributed by atoms with van der Waals surface area (Å²) in [5.74, 6) is 0.736. The average molecular weight is 276 g/mol. The van der Waals surface area contributed by atoms with E-state index in [1.807, 2.05) is 6.07 Å². The van der Waals surface area contributed by atoms with Crippen molar-refractivity contribution in [3.8, 4) is 5.75 Å². The summed E-state index contributed by atoms with van der Waals surface area (Å²) < 4.78 is 16.4. The zero-order valence-electron chi connectivity index (χ0n) is 8.61. The molecular weight excluding hydrogens is 262 g/mol. The number of hydrogen-bond acceptors (Lipinski definition) is 4. The second kappa shape index (κ2) is 7.62. The van der Waals surface area contributed by atoms with Crippen molar-refractivity contribution in [2.24, 2.45) is 0 Å². The van der Waals surface area contributed by atoms with E-state index >= 15 is 0 Å². The molecule has 0 atom stereocenters. The number of halogens is 1. The maximum absolute atomic E-state index is 5.41. The minimum absolute atomic E-state index is 0.516. The quantitative estimate of drug-likeness (QED) is 0.713. The molecule has 1 aromatic rings. The van der Waals surface area contributed by atoms with E-state index in [0.717, 1.165) is 10.2 Å². The fourth-order valence-corrected chi connectivity index (χ4v) is 1.28. The smallest absolute Gasteiger partial charge is 0.138 e. The van der Waals surface area contributed by atoms with Gasteiger partial charge in [0.15, 0.2) is 0 Å². The van der Waals surface area contributed by atoms with Crippen molar-refractivity contribution in [3.05, 3.63) is 22.9 Å². The Balaban J connectivity index is 2.10. The number of hydrogen-bond donors (Lipinski definition) is 0. The Morgan fingerprint density at radius 2 is 2.00 bits per heavy atom. The van der Waals surface area contributed by atoms with Crippen LogP contribution in [-0.2, 0) is 9.47 Å². The Morgan fingerprint density at radius 1 is 1.20 bits per heavy atom. The molecule has 0 aliphatic rings. The molecule has 4 nitrogen and oxygen atoms in total. The van der Waals surface area contributed by atoms with E-state index < -0.39 is 0 Å². The maximum atomic E-state index is 5.41. The van der Waals surface area contributed by atoms with Gasteiger partial charge in [-0.15, -0.1) is 0 Å². The van der Waals surface area contributed by atoms with Crippen molar-refractivity contribution >= 4 is 15.9 Å². The summed E-state index contributed by atoms with van der Waals surface area (Å²) in [5.41, 5.74) is 0. The standard InChI is InChI=1S/C10H14BrNO3/c1-13-2-3-14-4-5-15-10-6-9(11)7-12-8-10/h6-8H,2-5H2,1H3. The molecule has 0 amide bonds. The Labute approximate surface area is 97.7 Å². The van der Waals surface area contributed by atoms with Crippen LogP contribution in [0.3, 0.4) is 0 Å². The Hall–Kier alpha value is -0.650. The van der Waals surface area contributed by atoms with Gasteiger partial charge in [-0.25, -0.2) is 0 Å². The Bertz CT molecular complexity index is 283. The highest BCUT2D eigenvalue weighted by molar-refractivity contribution is 9.10. The summed E-state index contributed by atoms with van der Waals surface area (Å²) in [6.07, 6.45) is 3.38. The van der Waals surface area contributed by atoms with Gasteiger partial charge in [-0.1, -0.05) is 0 Å². The first-order valence-corrected chi connectivity index (χ1v) is 5.42. The molecule has 0 aromatic carbocycles. The van der Waals surface area contributed by atoms with Crippen LogP contribution in [0.2, 0.25) is 0 Å². The minimum Gasteiger partial charge on any atom is -0.490 e. The molecule has 0 aliphatic carbocycles. The van der Waals surface area contributed by atoms with Crippen LogP contribution in [0, 0.1) is 0 Å². The van der Waals surface area contributed by atoms with Gasteiger partial charge in [0.05, 0.1) is 26.0 Å². The van der Waals surface area contributed by atoms with Gasteiger partial charge in [0.2, 0.25) is 0 Å². The van der Waals surface area contributed by atoms with Gasteiger partial charge < -0.3 is 14.2 Å². The first-order valence-electron chi connectivity index (χ1n) is 4.63. The highest BCUT2D eigenvalue weighted by Crippen LogP contribution is 2.15. The van der Waals surface area contributed by atoms with E-state index in [4.69, 9.17) is 14.2 Å². The lowest BCUT2D eigenvalue weighted by Gasteiger charge is -2.06. The van der Waals surface area contributed by atoms with Crippen LogP contribution < -0.4 is 4.74 Å². The minimum atomic E-state index is 0.516. The number of aromatic nitrogens is 1. The van der Waals surface area contributed by atoms with E-state index in [2.05, 4.69) is 20.9 Å². The number of methoxy groups -OCH3 is 1. The third-order valence-corrected chi connectivity index (χ3v) is 2.04. The maximum Gasteiger partial charge on any atom is 0.138 e. The summed E-state index contributed by atoms with van der Waals surface area (Å²) in [7, 11) is 1.65. The second-order valence-electron chi connectivity index (χ2n) is 2.79. The van der Waals surface area contributed by atoms with Crippen molar-refractivity contribution in [2.45, 2.75) is 0 Å². The van der Waals surface area contributed by atoms with E-state index in [1.165, 1.54) is 0 Å².